The maximum atomic E-state index is 12.8. The first-order chi connectivity index (χ1) is 11.6. The average molecular weight is 623 g/mol. The zero-order chi connectivity index (χ0) is 18.8. The van der Waals surface area contributed by atoms with Crippen molar-refractivity contribution in [1.82, 2.24) is 0 Å². The standard InChI is InChI=1S/C18H16Br2Cl2O2Te/c1-11(17(23)13-3-7-15(19)8-4-13)25(21,22)12(2)18(24)14-5-9-16(20)10-6-14/h3-12H,1-2H3. The molecule has 0 fully saturated rings. The Morgan fingerprint density at radius 2 is 1.04 bits per heavy atom. The third-order valence-electron chi connectivity index (χ3n) is 3.94. The second kappa shape index (κ2) is 8.87. The van der Waals surface area contributed by atoms with Crippen LogP contribution in [0.5, 0.6) is 0 Å². The van der Waals surface area contributed by atoms with E-state index in [1.807, 2.05) is 0 Å². The molecule has 2 rings (SSSR count). The fourth-order valence-corrected chi connectivity index (χ4v) is 9.14. The number of halogens is 4. The molecular weight excluding hydrogens is 607 g/mol. The third-order valence-corrected chi connectivity index (χ3v) is 18.8. The molecule has 0 bridgehead atoms. The maximum absolute atomic E-state index is 12.8. The molecule has 2 nitrogen and oxygen atoms in total. The zero-order valence-electron chi connectivity index (χ0n) is 13.5. The molecule has 0 aliphatic heterocycles. The second-order valence-electron chi connectivity index (χ2n) is 5.58. The molecule has 2 atom stereocenters. The molecule has 0 aliphatic carbocycles. The van der Waals surface area contributed by atoms with Gasteiger partial charge in [0.1, 0.15) is 0 Å². The number of benzene rings is 2. The van der Waals surface area contributed by atoms with Gasteiger partial charge in [-0.2, -0.15) is 0 Å². The summed E-state index contributed by atoms with van der Waals surface area (Å²) in [7, 11) is 13.4. The van der Waals surface area contributed by atoms with E-state index in [2.05, 4.69) is 31.9 Å². The Morgan fingerprint density at radius 1 is 0.760 bits per heavy atom. The number of Topliss-reactive ketones (excluding diaryl/α,β-unsaturated/α-hetero) is 2. The molecule has 134 valence electrons. The number of hydrogen-bond acceptors (Lipinski definition) is 2. The van der Waals surface area contributed by atoms with Gasteiger partial charge >= 0.3 is 177 Å². The van der Waals surface area contributed by atoms with Crippen molar-refractivity contribution >= 4 is 77.3 Å². The number of ketones is 2. The van der Waals surface area contributed by atoms with Crippen LogP contribution < -0.4 is 0 Å². The van der Waals surface area contributed by atoms with Crippen molar-refractivity contribution < 1.29 is 9.59 Å². The van der Waals surface area contributed by atoms with E-state index in [1.165, 1.54) is 0 Å². The Labute approximate surface area is 175 Å². The van der Waals surface area contributed by atoms with Crippen LogP contribution in [-0.4, -0.2) is 27.5 Å². The van der Waals surface area contributed by atoms with Crippen LogP contribution in [0, 0.1) is 0 Å². The van der Waals surface area contributed by atoms with E-state index >= 15 is 0 Å². The fourth-order valence-electron chi connectivity index (χ4n) is 2.29. The van der Waals surface area contributed by atoms with Crippen LogP contribution in [0.25, 0.3) is 0 Å². The van der Waals surface area contributed by atoms with Gasteiger partial charge in [-0.1, -0.05) is 0 Å². The van der Waals surface area contributed by atoms with Crippen LogP contribution in [-0.2, 0) is 0 Å². The molecular formula is C18H16Br2Cl2O2Te. The Hall–Kier alpha value is 0.110. The van der Waals surface area contributed by atoms with Crippen molar-refractivity contribution in [2.75, 3.05) is 0 Å². The summed E-state index contributed by atoms with van der Waals surface area (Å²) >= 11 is 2.86. The van der Waals surface area contributed by atoms with Crippen LogP contribution in [0.1, 0.15) is 34.6 Å². The van der Waals surface area contributed by atoms with Gasteiger partial charge < -0.3 is 0 Å². The summed E-state index contributed by atoms with van der Waals surface area (Å²) in [6, 6.07) is 14.1. The summed E-state index contributed by atoms with van der Waals surface area (Å²) in [4.78, 5) is 25.5. The Balaban J connectivity index is 2.22. The van der Waals surface area contributed by atoms with Gasteiger partial charge in [-0.15, -0.1) is 0 Å². The van der Waals surface area contributed by atoms with Crippen molar-refractivity contribution in [3.05, 3.63) is 68.6 Å². The molecule has 0 N–H and O–H groups in total. The molecule has 2 aromatic rings. The normalized spacial score (nSPS) is 14.6. The zero-order valence-corrected chi connectivity index (χ0v) is 20.5. The summed E-state index contributed by atoms with van der Waals surface area (Å²) in [5.41, 5.74) is 1.10. The van der Waals surface area contributed by atoms with E-state index in [0.717, 1.165) is 8.95 Å². The number of carbonyl (C=O) groups excluding carboxylic acids is 2. The van der Waals surface area contributed by atoms with Gasteiger partial charge in [0, 0.05) is 0 Å². The predicted molar refractivity (Wildman–Crippen MR) is 113 cm³/mol. The molecule has 0 saturated heterocycles. The van der Waals surface area contributed by atoms with Crippen molar-refractivity contribution in [2.45, 2.75) is 21.8 Å². The first-order valence-electron chi connectivity index (χ1n) is 7.44. The van der Waals surface area contributed by atoms with Crippen molar-refractivity contribution in [1.29, 1.82) is 0 Å². The Bertz CT molecular complexity index is 711. The summed E-state index contributed by atoms with van der Waals surface area (Å²) in [5.74, 6) is -0.233. The predicted octanol–water partition coefficient (Wildman–Crippen LogP) is 6.98. The van der Waals surface area contributed by atoms with Crippen molar-refractivity contribution in [3.63, 3.8) is 0 Å². The first-order valence-corrected chi connectivity index (χ1v) is 17.6. The molecule has 0 aliphatic rings. The molecule has 0 spiro atoms. The molecule has 0 radical (unpaired) electrons. The molecule has 0 saturated carbocycles. The summed E-state index contributed by atoms with van der Waals surface area (Å²) < 4.78 is 0.670. The van der Waals surface area contributed by atoms with E-state index in [0.29, 0.717) is 11.1 Å². The third kappa shape index (κ3) is 5.09. The number of hydrogen-bond donors (Lipinski definition) is 0. The number of rotatable bonds is 6. The average Bonchev–Trinajstić information content (AvgIpc) is 2.60. The molecule has 25 heavy (non-hydrogen) atoms. The van der Waals surface area contributed by atoms with Crippen LogP contribution in [0.2, 0.25) is 7.93 Å². The van der Waals surface area contributed by atoms with E-state index in [-0.39, 0.29) is 11.6 Å². The Kier molecular flexibility index (Phi) is 7.59. The SMILES string of the molecule is CC(C(=O)c1ccc(Br)cc1)[Te](Cl)(Cl)C(C)C(=O)c1ccc(Br)cc1. The summed E-state index contributed by atoms with van der Waals surface area (Å²) in [5, 5.41) is 0. The van der Waals surface area contributed by atoms with Gasteiger partial charge in [0.25, 0.3) is 0 Å². The molecule has 2 unspecified atom stereocenters. The topological polar surface area (TPSA) is 34.1 Å². The summed E-state index contributed by atoms with van der Waals surface area (Å²) in [6.45, 7) is 3.47. The minimum absolute atomic E-state index is 0.117. The van der Waals surface area contributed by atoms with Gasteiger partial charge in [0.15, 0.2) is 0 Å². The van der Waals surface area contributed by atoms with Gasteiger partial charge in [-0.3, -0.25) is 0 Å². The van der Waals surface area contributed by atoms with Gasteiger partial charge in [-0.05, 0) is 0 Å². The van der Waals surface area contributed by atoms with Gasteiger partial charge in [-0.25, -0.2) is 0 Å². The van der Waals surface area contributed by atoms with E-state index in [9.17, 15) is 9.59 Å². The monoisotopic (exact) mass is 622 g/mol. The summed E-state index contributed by atoms with van der Waals surface area (Å²) in [6.07, 6.45) is 0. The quantitative estimate of drug-likeness (QED) is 0.258. The van der Waals surface area contributed by atoms with E-state index in [1.54, 1.807) is 62.4 Å². The number of carbonyl (C=O) groups is 2. The minimum atomic E-state index is -3.83. The molecule has 2 aromatic carbocycles. The molecule has 7 heteroatoms. The fraction of sp³-hybridized carbons (Fsp3) is 0.222. The van der Waals surface area contributed by atoms with E-state index in [4.69, 9.17) is 17.9 Å². The van der Waals surface area contributed by atoms with Gasteiger partial charge in [0.2, 0.25) is 0 Å². The molecule has 0 heterocycles. The second-order valence-corrected chi connectivity index (χ2v) is 22.5. The van der Waals surface area contributed by atoms with E-state index < -0.39 is 23.9 Å². The van der Waals surface area contributed by atoms with Crippen molar-refractivity contribution in [2.24, 2.45) is 0 Å². The Morgan fingerprint density at radius 3 is 1.32 bits per heavy atom. The van der Waals surface area contributed by atoms with Crippen LogP contribution in [0.3, 0.4) is 0 Å². The molecule has 0 aromatic heterocycles. The first kappa shape index (κ1) is 21.4. The molecule has 0 amide bonds. The van der Waals surface area contributed by atoms with Crippen LogP contribution in [0.15, 0.2) is 57.5 Å². The van der Waals surface area contributed by atoms with Crippen LogP contribution >= 0.6 is 49.8 Å². The van der Waals surface area contributed by atoms with Gasteiger partial charge in [0.05, 0.1) is 0 Å². The van der Waals surface area contributed by atoms with Crippen molar-refractivity contribution in [3.8, 4) is 0 Å². The van der Waals surface area contributed by atoms with Crippen LogP contribution in [0.4, 0.5) is 0 Å².